The van der Waals surface area contributed by atoms with E-state index in [-0.39, 0.29) is 0 Å². The van der Waals surface area contributed by atoms with E-state index in [1.165, 1.54) is 4.88 Å². The summed E-state index contributed by atoms with van der Waals surface area (Å²) in [5.41, 5.74) is 1.01. The van der Waals surface area contributed by atoms with E-state index in [9.17, 15) is 5.11 Å². The van der Waals surface area contributed by atoms with E-state index in [4.69, 9.17) is 0 Å². The molecule has 0 aromatic carbocycles. The summed E-state index contributed by atoms with van der Waals surface area (Å²) < 4.78 is 1.14. The third kappa shape index (κ3) is 2.03. The molecular weight excluding hydrogens is 327 g/mol. The fourth-order valence-corrected chi connectivity index (χ4v) is 3.88. The van der Waals surface area contributed by atoms with E-state index < -0.39 is 6.10 Å². The number of thiophene rings is 2. The van der Waals surface area contributed by atoms with Gasteiger partial charge in [0.2, 0.25) is 0 Å². The van der Waals surface area contributed by atoms with Gasteiger partial charge in [-0.15, -0.1) is 22.7 Å². The van der Waals surface area contributed by atoms with Gasteiger partial charge in [-0.1, -0.05) is 0 Å². The fourth-order valence-electron chi connectivity index (χ4n) is 1.26. The number of hydrogen-bond acceptors (Lipinski definition) is 3. The highest BCUT2D eigenvalue weighted by molar-refractivity contribution is 14.1. The van der Waals surface area contributed by atoms with Crippen LogP contribution in [0.15, 0.2) is 22.9 Å². The Morgan fingerprint density at radius 1 is 1.43 bits per heavy atom. The van der Waals surface area contributed by atoms with Gasteiger partial charge in [-0.3, -0.25) is 0 Å². The molecule has 0 aliphatic carbocycles. The van der Waals surface area contributed by atoms with E-state index >= 15 is 0 Å². The number of aryl methyl sites for hydroxylation is 1. The van der Waals surface area contributed by atoms with Crippen molar-refractivity contribution in [1.82, 2.24) is 0 Å². The van der Waals surface area contributed by atoms with Crippen molar-refractivity contribution >= 4 is 45.3 Å². The summed E-state index contributed by atoms with van der Waals surface area (Å²) in [7, 11) is 0. The molecule has 0 saturated carbocycles. The molecule has 4 heteroatoms. The highest BCUT2D eigenvalue weighted by Gasteiger charge is 2.15. The first-order valence-electron chi connectivity index (χ1n) is 4.14. The third-order valence-electron chi connectivity index (χ3n) is 1.96. The van der Waals surface area contributed by atoms with Crippen LogP contribution in [-0.2, 0) is 0 Å². The lowest BCUT2D eigenvalue weighted by molar-refractivity contribution is 0.224. The lowest BCUT2D eigenvalue weighted by Crippen LogP contribution is -1.96. The second-order valence-corrected chi connectivity index (χ2v) is 6.25. The molecule has 0 amide bonds. The Hall–Kier alpha value is 0.0900. The van der Waals surface area contributed by atoms with Crippen molar-refractivity contribution in [2.75, 3.05) is 0 Å². The maximum atomic E-state index is 10.1. The van der Waals surface area contributed by atoms with Crippen LogP contribution in [0.3, 0.4) is 0 Å². The summed E-state index contributed by atoms with van der Waals surface area (Å²) in [5.74, 6) is 0. The molecule has 1 unspecified atom stereocenters. The molecule has 0 aliphatic rings. The van der Waals surface area contributed by atoms with Crippen molar-refractivity contribution in [3.05, 3.63) is 41.8 Å². The van der Waals surface area contributed by atoms with Crippen LogP contribution in [0, 0.1) is 10.5 Å². The van der Waals surface area contributed by atoms with Crippen LogP contribution in [0.4, 0.5) is 0 Å². The Labute approximate surface area is 105 Å². The Balaban J connectivity index is 2.33. The highest BCUT2D eigenvalue weighted by Crippen LogP contribution is 2.32. The van der Waals surface area contributed by atoms with Crippen LogP contribution in [-0.4, -0.2) is 5.11 Å². The van der Waals surface area contributed by atoms with Gasteiger partial charge in [-0.25, -0.2) is 0 Å². The smallest absolute Gasteiger partial charge is 0.115 e. The molecule has 74 valence electrons. The van der Waals surface area contributed by atoms with Gasteiger partial charge in [0, 0.05) is 8.45 Å². The zero-order valence-corrected chi connectivity index (χ0v) is 11.3. The molecule has 0 bridgehead atoms. The summed E-state index contributed by atoms with van der Waals surface area (Å²) in [6, 6.07) is 4.08. The molecule has 0 saturated heterocycles. The van der Waals surface area contributed by atoms with Crippen molar-refractivity contribution in [1.29, 1.82) is 0 Å². The average molecular weight is 336 g/mol. The van der Waals surface area contributed by atoms with Gasteiger partial charge in [0.25, 0.3) is 0 Å². The Morgan fingerprint density at radius 3 is 2.71 bits per heavy atom. The lowest BCUT2D eigenvalue weighted by atomic mass is 10.1. The van der Waals surface area contributed by atoms with E-state index in [1.54, 1.807) is 22.7 Å². The first-order chi connectivity index (χ1) is 6.68. The summed E-state index contributed by atoms with van der Waals surface area (Å²) in [4.78, 5) is 2.29. The van der Waals surface area contributed by atoms with Crippen LogP contribution < -0.4 is 0 Å². The normalized spacial score (nSPS) is 13.1. The monoisotopic (exact) mass is 336 g/mol. The minimum absolute atomic E-state index is 0.452. The first-order valence-corrected chi connectivity index (χ1v) is 6.98. The Bertz CT molecular complexity index is 433. The molecule has 1 atom stereocenters. The van der Waals surface area contributed by atoms with Crippen molar-refractivity contribution in [2.45, 2.75) is 13.0 Å². The molecule has 2 heterocycles. The molecule has 0 radical (unpaired) electrons. The van der Waals surface area contributed by atoms with Crippen LogP contribution in [0.1, 0.15) is 21.4 Å². The van der Waals surface area contributed by atoms with E-state index in [0.29, 0.717) is 0 Å². The molecule has 0 fully saturated rings. The zero-order chi connectivity index (χ0) is 10.1. The SMILES string of the molecule is Cc1cc(C(O)c2sccc2I)cs1. The van der Waals surface area contributed by atoms with Crippen molar-refractivity contribution in [3.8, 4) is 0 Å². The Kier molecular flexibility index (Phi) is 3.26. The van der Waals surface area contributed by atoms with Gasteiger partial charge in [0.05, 0.1) is 4.88 Å². The van der Waals surface area contributed by atoms with Crippen molar-refractivity contribution < 1.29 is 5.11 Å². The molecule has 1 N–H and O–H groups in total. The van der Waals surface area contributed by atoms with Gasteiger partial charge in [0.1, 0.15) is 6.10 Å². The minimum atomic E-state index is -0.452. The maximum absolute atomic E-state index is 10.1. The second kappa shape index (κ2) is 4.30. The molecule has 1 nitrogen and oxygen atoms in total. The summed E-state index contributed by atoms with van der Waals surface area (Å²) in [6.07, 6.45) is -0.452. The largest absolute Gasteiger partial charge is 0.383 e. The average Bonchev–Trinajstić information content (AvgIpc) is 2.73. The predicted molar refractivity (Wildman–Crippen MR) is 70.2 cm³/mol. The molecule has 2 aromatic heterocycles. The van der Waals surface area contributed by atoms with Gasteiger partial charge < -0.3 is 5.11 Å². The fraction of sp³-hybridized carbons (Fsp3) is 0.200. The van der Waals surface area contributed by atoms with Crippen molar-refractivity contribution in [2.24, 2.45) is 0 Å². The van der Waals surface area contributed by atoms with E-state index in [1.807, 2.05) is 22.9 Å². The quantitative estimate of drug-likeness (QED) is 0.827. The molecular formula is C10H9IOS2. The minimum Gasteiger partial charge on any atom is -0.383 e. The van der Waals surface area contributed by atoms with Crippen LogP contribution in [0.2, 0.25) is 0 Å². The van der Waals surface area contributed by atoms with Crippen LogP contribution >= 0.6 is 45.3 Å². The predicted octanol–water partition coefficient (Wildman–Crippen LogP) is 3.80. The summed E-state index contributed by atoms with van der Waals surface area (Å²) >= 11 is 5.55. The van der Waals surface area contributed by atoms with Crippen LogP contribution in [0.5, 0.6) is 0 Å². The molecule has 2 rings (SSSR count). The van der Waals surface area contributed by atoms with Gasteiger partial charge >= 0.3 is 0 Å². The first kappa shape index (κ1) is 10.6. The highest BCUT2D eigenvalue weighted by atomic mass is 127. The number of rotatable bonds is 2. The Morgan fingerprint density at radius 2 is 2.21 bits per heavy atom. The molecule has 14 heavy (non-hydrogen) atoms. The molecule has 0 spiro atoms. The number of hydrogen-bond donors (Lipinski definition) is 1. The molecule has 2 aromatic rings. The second-order valence-electron chi connectivity index (χ2n) is 3.03. The number of aliphatic hydroxyl groups excluding tert-OH is 1. The zero-order valence-electron chi connectivity index (χ0n) is 7.53. The molecule has 0 aliphatic heterocycles. The van der Waals surface area contributed by atoms with E-state index in [2.05, 4.69) is 29.5 Å². The topological polar surface area (TPSA) is 20.2 Å². The van der Waals surface area contributed by atoms with Crippen LogP contribution in [0.25, 0.3) is 0 Å². The standard InChI is InChI=1S/C10H9IOS2/c1-6-4-7(5-14-6)9(12)10-8(11)2-3-13-10/h2-5,9,12H,1H3. The number of aliphatic hydroxyl groups is 1. The van der Waals surface area contributed by atoms with Gasteiger partial charge in [0.15, 0.2) is 0 Å². The maximum Gasteiger partial charge on any atom is 0.115 e. The summed E-state index contributed by atoms with van der Waals surface area (Å²) in [5, 5.41) is 14.1. The van der Waals surface area contributed by atoms with E-state index in [0.717, 1.165) is 14.0 Å². The lowest BCUT2D eigenvalue weighted by Gasteiger charge is -2.06. The number of halogens is 1. The van der Waals surface area contributed by atoms with Gasteiger partial charge in [-0.05, 0) is 58.0 Å². The summed E-state index contributed by atoms with van der Waals surface area (Å²) in [6.45, 7) is 2.06. The van der Waals surface area contributed by atoms with Gasteiger partial charge in [-0.2, -0.15) is 0 Å². The van der Waals surface area contributed by atoms with Crippen molar-refractivity contribution in [3.63, 3.8) is 0 Å². The third-order valence-corrected chi connectivity index (χ3v) is 5.12.